The number of carbonyl (C=O) groups is 1. The van der Waals surface area contributed by atoms with E-state index in [9.17, 15) is 9.90 Å². The van der Waals surface area contributed by atoms with E-state index in [0.717, 1.165) is 31.3 Å². The van der Waals surface area contributed by atoms with Gasteiger partial charge in [-0.2, -0.15) is 0 Å². The zero-order chi connectivity index (χ0) is 14.3. The van der Waals surface area contributed by atoms with Crippen molar-refractivity contribution in [3.8, 4) is 0 Å². The van der Waals surface area contributed by atoms with Crippen molar-refractivity contribution in [1.82, 2.24) is 0 Å². The third-order valence-corrected chi connectivity index (χ3v) is 3.46. The lowest BCUT2D eigenvalue weighted by atomic mass is 9.82. The molecular weight excluding hydrogens is 244 g/mol. The Morgan fingerprint density at radius 1 is 1.22 bits per heavy atom. The summed E-state index contributed by atoms with van der Waals surface area (Å²) in [5.74, 6) is -0.710. The second kappa shape index (κ2) is 7.62. The van der Waals surface area contributed by atoms with E-state index in [1.165, 1.54) is 0 Å². The lowest BCUT2D eigenvalue weighted by molar-refractivity contribution is -0.135. The summed E-state index contributed by atoms with van der Waals surface area (Å²) in [5, 5.41) is 9.35. The van der Waals surface area contributed by atoms with Crippen molar-refractivity contribution < 1.29 is 14.3 Å². The van der Waals surface area contributed by atoms with Crippen LogP contribution in [0, 0.1) is 5.41 Å². The molecule has 4 heteroatoms. The molecule has 0 rings (SSSR count). The predicted molar refractivity (Wildman–Crippen MR) is 78.2 cm³/mol. The second-order valence-electron chi connectivity index (χ2n) is 5.99. The van der Waals surface area contributed by atoms with Crippen molar-refractivity contribution in [2.24, 2.45) is 5.41 Å². The van der Waals surface area contributed by atoms with E-state index in [1.54, 1.807) is 0 Å². The second-order valence-corrected chi connectivity index (χ2v) is 8.32. The van der Waals surface area contributed by atoms with Gasteiger partial charge in [0.25, 0.3) is 0 Å². The first-order chi connectivity index (χ1) is 8.20. The van der Waals surface area contributed by atoms with Crippen molar-refractivity contribution in [1.29, 1.82) is 0 Å². The molecular formula is C14H28O3Si. The molecule has 0 bridgehead atoms. The fourth-order valence-corrected chi connectivity index (χ4v) is 2.58. The maximum absolute atomic E-state index is 11.4. The maximum atomic E-state index is 11.4. The van der Waals surface area contributed by atoms with Gasteiger partial charge < -0.3 is 9.53 Å². The monoisotopic (exact) mass is 272 g/mol. The smallest absolute Gasteiger partial charge is 0.369 e. The maximum Gasteiger partial charge on any atom is 0.369 e. The van der Waals surface area contributed by atoms with Gasteiger partial charge in [0.15, 0.2) is 5.76 Å². The summed E-state index contributed by atoms with van der Waals surface area (Å²) in [6.45, 7) is 12.3. The Morgan fingerprint density at radius 3 is 2.11 bits per heavy atom. The molecule has 0 aromatic carbocycles. The molecule has 0 aromatic rings. The highest BCUT2D eigenvalue weighted by molar-refractivity contribution is 6.49. The molecule has 18 heavy (non-hydrogen) atoms. The summed E-state index contributed by atoms with van der Waals surface area (Å²) in [4.78, 5) is 11.4. The number of aliphatic carboxylic acids is 1. The average Bonchev–Trinajstić information content (AvgIpc) is 2.19. The van der Waals surface area contributed by atoms with E-state index >= 15 is 0 Å². The highest BCUT2D eigenvalue weighted by Crippen LogP contribution is 2.33. The van der Waals surface area contributed by atoms with E-state index in [0.29, 0.717) is 0 Å². The Hall–Kier alpha value is -0.773. The van der Waals surface area contributed by atoms with Crippen molar-refractivity contribution in [2.45, 2.75) is 66.5 Å². The normalized spacial score (nSPS) is 13.5. The lowest BCUT2D eigenvalue weighted by Gasteiger charge is -2.26. The lowest BCUT2D eigenvalue weighted by Crippen LogP contribution is -2.21. The van der Waals surface area contributed by atoms with E-state index in [-0.39, 0.29) is 11.2 Å². The largest absolute Gasteiger partial charge is 0.542 e. The molecule has 0 heterocycles. The average molecular weight is 272 g/mol. The predicted octanol–water partition coefficient (Wildman–Crippen LogP) is 3.95. The number of carboxylic acids is 1. The van der Waals surface area contributed by atoms with E-state index in [1.807, 2.05) is 13.1 Å². The molecule has 1 N–H and O–H groups in total. The van der Waals surface area contributed by atoms with Gasteiger partial charge in [-0.05, 0) is 36.9 Å². The van der Waals surface area contributed by atoms with Crippen LogP contribution in [-0.4, -0.2) is 20.1 Å². The van der Waals surface area contributed by atoms with E-state index in [4.69, 9.17) is 4.43 Å². The first kappa shape index (κ1) is 17.2. The van der Waals surface area contributed by atoms with Gasteiger partial charge in [0.05, 0.1) is 0 Å². The van der Waals surface area contributed by atoms with Crippen LogP contribution in [0.25, 0.3) is 0 Å². The van der Waals surface area contributed by atoms with Crippen LogP contribution >= 0.6 is 0 Å². The Kier molecular flexibility index (Phi) is 7.29. The molecule has 0 atom stereocenters. The topological polar surface area (TPSA) is 46.5 Å². The first-order valence-corrected chi connectivity index (χ1v) is 9.61. The number of unbranched alkanes of at least 4 members (excludes halogenated alkanes) is 2. The van der Waals surface area contributed by atoms with E-state index in [2.05, 4.69) is 27.7 Å². The molecule has 3 nitrogen and oxygen atoms in total. The van der Waals surface area contributed by atoms with Crippen LogP contribution in [0.15, 0.2) is 11.3 Å². The summed E-state index contributed by atoms with van der Waals surface area (Å²) < 4.78 is 5.65. The minimum absolute atomic E-state index is 0.148. The summed E-state index contributed by atoms with van der Waals surface area (Å²) in [6, 6.07) is 0. The molecule has 0 aromatic heterocycles. The highest BCUT2D eigenvalue weighted by atomic mass is 28.3. The fourth-order valence-electron chi connectivity index (χ4n) is 1.87. The van der Waals surface area contributed by atoms with Gasteiger partial charge in [0.2, 0.25) is 9.04 Å². The molecule has 0 aliphatic rings. The SMILES string of the molecule is CCCCCC(=C(O[SiH](C)C)C(=O)O)C(C)(C)C. The molecule has 0 radical (unpaired) electrons. The Bertz CT molecular complexity index is 301. The Morgan fingerprint density at radius 2 is 1.78 bits per heavy atom. The van der Waals surface area contributed by atoms with Crippen LogP contribution in [0.1, 0.15) is 53.4 Å². The van der Waals surface area contributed by atoms with Crippen LogP contribution in [0.4, 0.5) is 0 Å². The van der Waals surface area contributed by atoms with Gasteiger partial charge in [-0.25, -0.2) is 4.79 Å². The first-order valence-electron chi connectivity index (χ1n) is 6.83. The third kappa shape index (κ3) is 6.24. The molecule has 0 saturated carbocycles. The highest BCUT2D eigenvalue weighted by Gasteiger charge is 2.26. The van der Waals surface area contributed by atoms with Crippen LogP contribution in [0.5, 0.6) is 0 Å². The Balaban J connectivity index is 5.22. The molecule has 0 fully saturated rings. The van der Waals surface area contributed by atoms with Gasteiger partial charge in [0.1, 0.15) is 0 Å². The number of hydrogen-bond acceptors (Lipinski definition) is 2. The molecule has 0 saturated heterocycles. The fraction of sp³-hybridized carbons (Fsp3) is 0.786. The Labute approximate surface area is 113 Å². The summed E-state index contributed by atoms with van der Waals surface area (Å²) >= 11 is 0. The van der Waals surface area contributed by atoms with Gasteiger partial charge in [-0.15, -0.1) is 0 Å². The van der Waals surface area contributed by atoms with Gasteiger partial charge in [0, 0.05) is 0 Å². The number of hydrogen-bond donors (Lipinski definition) is 1. The summed E-state index contributed by atoms with van der Waals surface area (Å²) in [7, 11) is -1.39. The number of rotatable bonds is 7. The number of allylic oxidation sites excluding steroid dienone is 1. The minimum Gasteiger partial charge on any atom is -0.542 e. The van der Waals surface area contributed by atoms with Crippen LogP contribution < -0.4 is 0 Å². The van der Waals surface area contributed by atoms with Crippen LogP contribution in [0.3, 0.4) is 0 Å². The van der Waals surface area contributed by atoms with Crippen molar-refractivity contribution in [2.75, 3.05) is 0 Å². The van der Waals surface area contributed by atoms with Crippen LogP contribution in [0.2, 0.25) is 13.1 Å². The molecule has 0 unspecified atom stereocenters. The minimum atomic E-state index is -1.39. The standard InChI is InChI=1S/C14H28O3Si/c1-7-8-9-10-11(14(2,3)4)12(13(15)16)17-18(5)6/h18H,7-10H2,1-6H3,(H,15,16). The van der Waals surface area contributed by atoms with E-state index < -0.39 is 15.0 Å². The number of carboxylic acid groups (broad SMARTS) is 1. The van der Waals surface area contributed by atoms with Gasteiger partial charge in [-0.3, -0.25) is 0 Å². The quantitative estimate of drug-likeness (QED) is 0.330. The van der Waals surface area contributed by atoms with Crippen molar-refractivity contribution in [3.05, 3.63) is 11.3 Å². The van der Waals surface area contributed by atoms with Gasteiger partial charge >= 0.3 is 5.97 Å². The van der Waals surface area contributed by atoms with Crippen LogP contribution in [-0.2, 0) is 9.22 Å². The van der Waals surface area contributed by atoms with Crippen molar-refractivity contribution in [3.63, 3.8) is 0 Å². The summed E-state index contributed by atoms with van der Waals surface area (Å²) in [6.07, 6.45) is 4.12. The molecule has 106 valence electrons. The molecule has 0 aliphatic carbocycles. The molecule has 0 spiro atoms. The molecule has 0 amide bonds. The van der Waals surface area contributed by atoms with Crippen molar-refractivity contribution >= 4 is 15.0 Å². The molecule has 0 aliphatic heterocycles. The summed E-state index contributed by atoms with van der Waals surface area (Å²) in [5.41, 5.74) is 0.801. The van der Waals surface area contributed by atoms with Gasteiger partial charge in [-0.1, -0.05) is 40.5 Å². The third-order valence-electron chi connectivity index (χ3n) is 2.76. The zero-order valence-corrected chi connectivity index (χ0v) is 13.8. The zero-order valence-electron chi connectivity index (χ0n) is 12.7.